The molecule has 1 heterocycles. The van der Waals surface area contributed by atoms with Crippen molar-refractivity contribution in [2.45, 2.75) is 6.61 Å². The number of benzene rings is 2. The number of nitrogens with zero attached hydrogens (tertiary/aromatic N) is 1. The Bertz CT molecular complexity index is 797. The summed E-state index contributed by atoms with van der Waals surface area (Å²) in [5.41, 5.74) is 8.51. The summed E-state index contributed by atoms with van der Waals surface area (Å²) in [5.74, 6) is -0.726. The third-order valence-corrected chi connectivity index (χ3v) is 3.24. The van der Waals surface area contributed by atoms with Gasteiger partial charge in [0, 0.05) is 11.1 Å². The van der Waals surface area contributed by atoms with Crippen molar-refractivity contribution in [1.29, 1.82) is 0 Å². The van der Waals surface area contributed by atoms with Crippen molar-refractivity contribution in [3.63, 3.8) is 0 Å². The zero-order valence-corrected chi connectivity index (χ0v) is 11.6. The molecular weight excluding hydrogens is 282 g/mol. The van der Waals surface area contributed by atoms with E-state index in [-0.39, 0.29) is 17.4 Å². The van der Waals surface area contributed by atoms with E-state index in [1.807, 2.05) is 24.3 Å². The molecule has 4 N–H and O–H groups in total. The summed E-state index contributed by atoms with van der Waals surface area (Å²) in [4.78, 5) is 18.2. The third kappa shape index (κ3) is 2.80. The monoisotopic (exact) mass is 296 g/mol. The maximum absolute atomic E-state index is 11.0. The van der Waals surface area contributed by atoms with Crippen LogP contribution in [0.1, 0.15) is 21.5 Å². The van der Waals surface area contributed by atoms with E-state index in [2.05, 4.69) is 9.98 Å². The predicted octanol–water partition coefficient (Wildman–Crippen LogP) is 0.389. The summed E-state index contributed by atoms with van der Waals surface area (Å²) >= 11 is 0. The summed E-state index contributed by atoms with van der Waals surface area (Å²) in [5, 5.41) is 9.00. The second-order valence-electron chi connectivity index (χ2n) is 4.76. The van der Waals surface area contributed by atoms with Gasteiger partial charge in [0.05, 0.1) is 5.56 Å². The minimum atomic E-state index is -1.00. The molecule has 22 heavy (non-hydrogen) atoms. The fraction of sp³-hybridized carbons (Fsp3) is 0.0625. The number of para-hydroxylation sites is 1. The van der Waals surface area contributed by atoms with Gasteiger partial charge in [0.25, 0.3) is 0 Å². The highest BCUT2D eigenvalue weighted by molar-refractivity contribution is 5.98. The van der Waals surface area contributed by atoms with Crippen LogP contribution in [0.15, 0.2) is 53.5 Å². The Kier molecular flexibility index (Phi) is 3.57. The first-order valence-electron chi connectivity index (χ1n) is 6.66. The minimum absolute atomic E-state index is 0.166. The van der Waals surface area contributed by atoms with E-state index in [1.54, 1.807) is 12.1 Å². The van der Waals surface area contributed by atoms with Crippen LogP contribution in [0.4, 0.5) is 5.69 Å². The van der Waals surface area contributed by atoms with Crippen molar-refractivity contribution < 1.29 is 19.6 Å². The molecule has 0 radical (unpaired) electrons. The van der Waals surface area contributed by atoms with Crippen molar-refractivity contribution >= 4 is 23.5 Å². The molecule has 2 aromatic carbocycles. The molecule has 0 atom stereocenters. The number of rotatable bonds is 2. The number of amidine groups is 2. The summed E-state index contributed by atoms with van der Waals surface area (Å²) in [6.45, 7) is 0.407. The third-order valence-electron chi connectivity index (χ3n) is 3.24. The van der Waals surface area contributed by atoms with E-state index in [4.69, 9.17) is 15.6 Å². The van der Waals surface area contributed by atoms with Crippen molar-refractivity contribution in [2.75, 3.05) is 0 Å². The molecule has 2 aromatic rings. The summed E-state index contributed by atoms with van der Waals surface area (Å²) in [6, 6.07) is 14.3. The molecule has 6 heteroatoms. The van der Waals surface area contributed by atoms with Gasteiger partial charge in [-0.1, -0.05) is 29.3 Å². The normalized spacial score (nSPS) is 13.8. The molecule has 0 fully saturated rings. The Morgan fingerprint density at radius 3 is 2.77 bits per heavy atom. The van der Waals surface area contributed by atoms with Crippen LogP contribution in [0, 0.1) is 0 Å². The van der Waals surface area contributed by atoms with E-state index >= 15 is 0 Å². The van der Waals surface area contributed by atoms with Crippen LogP contribution in [-0.2, 0) is 11.3 Å². The molecule has 1 aliphatic rings. The van der Waals surface area contributed by atoms with Gasteiger partial charge >= 0.3 is 12.0 Å². The number of nitrogens with two attached hydrogens (primary N) is 1. The number of nitrogens with one attached hydrogen (secondary N) is 1. The van der Waals surface area contributed by atoms with Crippen molar-refractivity contribution in [3.05, 3.63) is 65.2 Å². The lowest BCUT2D eigenvalue weighted by atomic mass is 10.1. The topological polar surface area (TPSA) is 98.9 Å². The molecule has 1 aliphatic heterocycles. The second-order valence-corrected chi connectivity index (χ2v) is 4.76. The van der Waals surface area contributed by atoms with Gasteiger partial charge in [-0.15, -0.1) is 0 Å². The van der Waals surface area contributed by atoms with Crippen LogP contribution < -0.4 is 10.7 Å². The highest BCUT2D eigenvalue weighted by Gasteiger charge is 2.18. The van der Waals surface area contributed by atoms with E-state index in [0.29, 0.717) is 12.2 Å². The molecular formula is C16H14N3O3+. The Morgan fingerprint density at radius 1 is 1.18 bits per heavy atom. The van der Waals surface area contributed by atoms with Crippen LogP contribution in [0.2, 0.25) is 0 Å². The smallest absolute Gasteiger partial charge is 0.432 e. The number of hydrogen-bond donors (Lipinski definition) is 3. The first-order valence-corrected chi connectivity index (χ1v) is 6.66. The van der Waals surface area contributed by atoms with Gasteiger partial charge in [-0.2, -0.15) is 0 Å². The van der Waals surface area contributed by atoms with E-state index in [1.165, 1.54) is 12.1 Å². The first kappa shape index (κ1) is 13.8. The Hall–Kier alpha value is -3.15. The lowest BCUT2D eigenvalue weighted by molar-refractivity contribution is -0.345. The number of nitrogen functional groups attached to an aromatic ring is 1. The number of carbonyl (C=O) groups is 1. The van der Waals surface area contributed by atoms with E-state index in [9.17, 15) is 4.79 Å². The lowest BCUT2D eigenvalue weighted by Crippen LogP contribution is -2.80. The number of carboxylic acids is 1. The number of carboxylic acid groups (broad SMARTS) is 1. The predicted molar refractivity (Wildman–Crippen MR) is 81.0 cm³/mol. The average molecular weight is 296 g/mol. The molecule has 0 amide bonds. The molecule has 0 unspecified atom stereocenters. The fourth-order valence-electron chi connectivity index (χ4n) is 2.10. The van der Waals surface area contributed by atoms with Crippen molar-refractivity contribution in [3.8, 4) is 0 Å². The van der Waals surface area contributed by atoms with Gasteiger partial charge in [-0.05, 0) is 24.3 Å². The fourth-order valence-corrected chi connectivity index (χ4v) is 2.10. The molecule has 0 aliphatic carbocycles. The second kappa shape index (κ2) is 5.69. The van der Waals surface area contributed by atoms with Gasteiger partial charge in [-0.25, -0.2) is 9.79 Å². The zero-order chi connectivity index (χ0) is 15.5. The highest BCUT2D eigenvalue weighted by atomic mass is 16.5. The van der Waals surface area contributed by atoms with Gasteiger partial charge in [0.2, 0.25) is 5.84 Å². The van der Waals surface area contributed by atoms with Gasteiger partial charge in [-0.3, -0.25) is 0 Å². The van der Waals surface area contributed by atoms with Crippen LogP contribution in [0.25, 0.3) is 0 Å². The van der Waals surface area contributed by atoms with Crippen molar-refractivity contribution in [2.24, 2.45) is 10.7 Å². The van der Waals surface area contributed by atoms with Crippen LogP contribution in [-0.4, -0.2) is 22.9 Å². The summed E-state index contributed by atoms with van der Waals surface area (Å²) < 4.78 is 5.50. The molecule has 0 aromatic heterocycles. The molecule has 0 bridgehead atoms. The number of aromatic carboxylic acids is 1. The van der Waals surface area contributed by atoms with Gasteiger partial charge in [0.1, 0.15) is 12.3 Å². The zero-order valence-electron chi connectivity index (χ0n) is 11.6. The Balaban J connectivity index is 1.91. The number of hydrogen-bond acceptors (Lipinski definition) is 3. The van der Waals surface area contributed by atoms with Crippen LogP contribution >= 0.6 is 0 Å². The quantitative estimate of drug-likeness (QED) is 0.551. The maximum Gasteiger partial charge on any atom is 0.432 e. The molecule has 0 saturated heterocycles. The molecule has 0 saturated carbocycles. The first-order chi connectivity index (χ1) is 10.6. The largest absolute Gasteiger partial charge is 0.478 e. The van der Waals surface area contributed by atoms with Gasteiger partial charge in [0.15, 0.2) is 0 Å². The lowest BCUT2D eigenvalue weighted by Gasteiger charge is -2.09. The Labute approximate surface area is 126 Å². The van der Waals surface area contributed by atoms with Crippen LogP contribution in [0.5, 0.6) is 0 Å². The summed E-state index contributed by atoms with van der Waals surface area (Å²) in [7, 11) is 0. The number of fused-ring (bicyclic) bond motifs is 1. The van der Waals surface area contributed by atoms with Crippen LogP contribution in [0.3, 0.4) is 0 Å². The highest BCUT2D eigenvalue weighted by Crippen LogP contribution is 2.22. The standard InChI is InChI=1S/C16H13N3O3/c17-14(10-5-3-6-11(8-10)15(20)21)19-16-18-13-7-2-1-4-12(13)9-22-16/h1-8H,9H2,(H,20,21)(H2,17,18,19)/p+1. The van der Waals surface area contributed by atoms with Crippen molar-refractivity contribution in [1.82, 2.24) is 0 Å². The molecule has 0 spiro atoms. The number of aliphatic imine (C=N–C) groups is 1. The SMILES string of the molecule is N/C(=[NH+]\C1=Nc2ccccc2CO1)c1cccc(C(=O)O)c1. The number of ether oxygens (including phenoxy) is 1. The molecule has 3 rings (SSSR count). The van der Waals surface area contributed by atoms with Gasteiger partial charge < -0.3 is 15.6 Å². The average Bonchev–Trinajstić information content (AvgIpc) is 2.55. The maximum atomic E-state index is 11.0. The summed E-state index contributed by atoms with van der Waals surface area (Å²) in [6.07, 6.45) is 0. The minimum Gasteiger partial charge on any atom is -0.478 e. The van der Waals surface area contributed by atoms with E-state index in [0.717, 1.165) is 11.3 Å². The molecule has 110 valence electrons. The Morgan fingerprint density at radius 2 is 1.95 bits per heavy atom. The molecule has 6 nitrogen and oxygen atoms in total. The van der Waals surface area contributed by atoms with E-state index < -0.39 is 5.97 Å².